The zero-order chi connectivity index (χ0) is 14.1. The molecule has 0 aliphatic heterocycles. The van der Waals surface area contributed by atoms with Crippen LogP contribution in [0.2, 0.25) is 0 Å². The molecule has 4 heteroatoms. The highest BCUT2D eigenvalue weighted by Crippen LogP contribution is 2.49. The van der Waals surface area contributed by atoms with E-state index in [4.69, 9.17) is 5.73 Å². The molecule has 0 saturated heterocycles. The summed E-state index contributed by atoms with van der Waals surface area (Å²) in [6.07, 6.45) is 5.83. The van der Waals surface area contributed by atoms with Crippen molar-refractivity contribution in [2.75, 3.05) is 5.32 Å². The minimum Gasteiger partial charge on any atom is -0.366 e. The number of nitrogens with one attached hydrogen (secondary N) is 1. The average Bonchev–Trinajstić information content (AvgIpc) is 3.01. The molecule has 0 radical (unpaired) electrons. The topological polar surface area (TPSA) is 72.2 Å². The van der Waals surface area contributed by atoms with Crippen LogP contribution in [0.4, 0.5) is 5.69 Å². The molecule has 3 N–H and O–H groups in total. The Morgan fingerprint density at radius 3 is 2.45 bits per heavy atom. The quantitative estimate of drug-likeness (QED) is 0.884. The molecule has 0 heterocycles. The Morgan fingerprint density at radius 2 is 1.90 bits per heavy atom. The van der Waals surface area contributed by atoms with Gasteiger partial charge in [0.25, 0.3) is 0 Å². The molecule has 0 aromatic heterocycles. The third-order valence-corrected chi connectivity index (χ3v) is 4.79. The summed E-state index contributed by atoms with van der Waals surface area (Å²) in [5.74, 6) is 1.83. The standard InChI is InChI=1S/C16H20N2O2/c17-16(20)11-3-5-14(6-4-11)18-15(19)9-13-8-10-1-2-12(13)7-10/h3-6,10,12-13H,1-2,7-9H2,(H2,17,20)(H,18,19)/t10-,12-,13+/m0/s1. The number of benzene rings is 1. The number of nitrogens with two attached hydrogens (primary N) is 1. The molecule has 0 spiro atoms. The van der Waals surface area contributed by atoms with Crippen molar-refractivity contribution in [3.63, 3.8) is 0 Å². The molecule has 0 unspecified atom stereocenters. The van der Waals surface area contributed by atoms with Gasteiger partial charge in [-0.25, -0.2) is 0 Å². The van der Waals surface area contributed by atoms with Crippen LogP contribution in [-0.2, 0) is 4.79 Å². The number of rotatable bonds is 4. The fourth-order valence-electron chi connectivity index (χ4n) is 3.79. The van der Waals surface area contributed by atoms with Crippen LogP contribution in [0.1, 0.15) is 42.5 Å². The fraction of sp³-hybridized carbons (Fsp3) is 0.500. The van der Waals surface area contributed by atoms with E-state index in [-0.39, 0.29) is 5.91 Å². The van der Waals surface area contributed by atoms with Crippen LogP contribution in [0.15, 0.2) is 24.3 Å². The molecule has 4 nitrogen and oxygen atoms in total. The lowest BCUT2D eigenvalue weighted by molar-refractivity contribution is -0.117. The number of amides is 2. The van der Waals surface area contributed by atoms with Gasteiger partial charge >= 0.3 is 0 Å². The minimum absolute atomic E-state index is 0.0781. The van der Waals surface area contributed by atoms with Crippen molar-refractivity contribution in [3.8, 4) is 0 Å². The van der Waals surface area contributed by atoms with Gasteiger partial charge in [-0.15, -0.1) is 0 Å². The van der Waals surface area contributed by atoms with Gasteiger partial charge in [0.15, 0.2) is 0 Å². The van der Waals surface area contributed by atoms with Crippen molar-refractivity contribution in [1.82, 2.24) is 0 Å². The van der Waals surface area contributed by atoms with Gasteiger partial charge in [-0.2, -0.15) is 0 Å². The summed E-state index contributed by atoms with van der Waals surface area (Å²) in [6.45, 7) is 0. The summed E-state index contributed by atoms with van der Waals surface area (Å²) >= 11 is 0. The maximum atomic E-state index is 12.1. The minimum atomic E-state index is -0.454. The first-order chi connectivity index (χ1) is 9.61. The zero-order valence-electron chi connectivity index (χ0n) is 11.5. The van der Waals surface area contributed by atoms with Crippen molar-refractivity contribution in [2.24, 2.45) is 23.5 Å². The van der Waals surface area contributed by atoms with Crippen LogP contribution >= 0.6 is 0 Å². The van der Waals surface area contributed by atoms with E-state index >= 15 is 0 Å². The SMILES string of the molecule is NC(=O)c1ccc(NC(=O)C[C@H]2C[C@H]3CC[C@H]2C3)cc1. The molecule has 2 fully saturated rings. The van der Waals surface area contributed by atoms with E-state index in [1.165, 1.54) is 25.7 Å². The van der Waals surface area contributed by atoms with Gasteiger partial charge in [0.05, 0.1) is 0 Å². The lowest BCUT2D eigenvalue weighted by Gasteiger charge is -2.20. The second-order valence-electron chi connectivity index (χ2n) is 6.13. The molecule has 2 aliphatic rings. The molecule has 20 heavy (non-hydrogen) atoms. The first-order valence-corrected chi connectivity index (χ1v) is 7.31. The molecule has 1 aromatic carbocycles. The smallest absolute Gasteiger partial charge is 0.248 e. The van der Waals surface area contributed by atoms with E-state index in [2.05, 4.69) is 5.32 Å². The van der Waals surface area contributed by atoms with Crippen molar-refractivity contribution >= 4 is 17.5 Å². The number of anilines is 1. The third kappa shape index (κ3) is 2.69. The Hall–Kier alpha value is -1.84. The van der Waals surface area contributed by atoms with Gasteiger partial charge in [0.2, 0.25) is 11.8 Å². The predicted molar refractivity (Wildman–Crippen MR) is 77.1 cm³/mol. The molecule has 2 amide bonds. The van der Waals surface area contributed by atoms with E-state index in [0.717, 1.165) is 17.5 Å². The highest BCUT2D eigenvalue weighted by atomic mass is 16.2. The number of hydrogen-bond acceptors (Lipinski definition) is 2. The summed E-state index contributed by atoms with van der Waals surface area (Å²) in [6, 6.07) is 6.71. The Morgan fingerprint density at radius 1 is 1.15 bits per heavy atom. The maximum absolute atomic E-state index is 12.1. The number of fused-ring (bicyclic) bond motifs is 2. The summed E-state index contributed by atoms with van der Waals surface area (Å²) < 4.78 is 0. The first-order valence-electron chi connectivity index (χ1n) is 7.31. The lowest BCUT2D eigenvalue weighted by Crippen LogP contribution is -2.20. The normalized spacial score (nSPS) is 27.5. The molecular formula is C16H20N2O2. The molecule has 1 aromatic rings. The summed E-state index contributed by atoms with van der Waals surface area (Å²) in [5, 5.41) is 2.90. The number of hydrogen-bond donors (Lipinski definition) is 2. The van der Waals surface area contributed by atoms with Crippen LogP contribution in [0.25, 0.3) is 0 Å². The van der Waals surface area contributed by atoms with E-state index in [0.29, 0.717) is 17.9 Å². The molecule has 3 atom stereocenters. The predicted octanol–water partition coefficient (Wildman–Crippen LogP) is 2.55. The largest absolute Gasteiger partial charge is 0.366 e. The molecule has 2 bridgehead atoms. The second-order valence-corrected chi connectivity index (χ2v) is 6.13. The Bertz CT molecular complexity index is 524. The van der Waals surface area contributed by atoms with Crippen LogP contribution in [0.5, 0.6) is 0 Å². The summed E-state index contributed by atoms with van der Waals surface area (Å²) in [7, 11) is 0. The first kappa shape index (κ1) is 13.2. The van der Waals surface area contributed by atoms with Crippen LogP contribution in [-0.4, -0.2) is 11.8 Å². The molecule has 2 aliphatic carbocycles. The van der Waals surface area contributed by atoms with Crippen LogP contribution in [0, 0.1) is 17.8 Å². The van der Waals surface area contributed by atoms with Gasteiger partial charge in [-0.1, -0.05) is 6.42 Å². The van der Waals surface area contributed by atoms with Gasteiger partial charge in [0.1, 0.15) is 0 Å². The van der Waals surface area contributed by atoms with Crippen LogP contribution in [0.3, 0.4) is 0 Å². The summed E-state index contributed by atoms with van der Waals surface area (Å²) in [5.41, 5.74) is 6.36. The Kier molecular flexibility index (Phi) is 3.47. The van der Waals surface area contributed by atoms with Crippen LogP contribution < -0.4 is 11.1 Å². The van der Waals surface area contributed by atoms with E-state index < -0.39 is 5.91 Å². The Labute approximate surface area is 118 Å². The molecular weight excluding hydrogens is 252 g/mol. The molecule has 3 rings (SSSR count). The maximum Gasteiger partial charge on any atom is 0.248 e. The van der Waals surface area contributed by atoms with Crippen molar-refractivity contribution in [3.05, 3.63) is 29.8 Å². The third-order valence-electron chi connectivity index (χ3n) is 4.79. The number of carbonyl (C=O) groups is 2. The lowest BCUT2D eigenvalue weighted by atomic mass is 9.86. The highest BCUT2D eigenvalue weighted by Gasteiger charge is 2.40. The van der Waals surface area contributed by atoms with Crippen molar-refractivity contribution < 1.29 is 9.59 Å². The van der Waals surface area contributed by atoms with Crippen molar-refractivity contribution in [1.29, 1.82) is 0 Å². The van der Waals surface area contributed by atoms with E-state index in [9.17, 15) is 9.59 Å². The second kappa shape index (κ2) is 5.27. The van der Waals surface area contributed by atoms with Gasteiger partial charge in [-0.05, 0) is 61.3 Å². The fourth-order valence-corrected chi connectivity index (χ4v) is 3.79. The highest BCUT2D eigenvalue weighted by molar-refractivity contribution is 5.94. The number of primary amides is 1. The molecule has 106 valence electrons. The van der Waals surface area contributed by atoms with Crippen molar-refractivity contribution in [2.45, 2.75) is 32.1 Å². The summed E-state index contributed by atoms with van der Waals surface area (Å²) in [4.78, 5) is 23.0. The van der Waals surface area contributed by atoms with Gasteiger partial charge < -0.3 is 11.1 Å². The zero-order valence-corrected chi connectivity index (χ0v) is 11.5. The average molecular weight is 272 g/mol. The van der Waals surface area contributed by atoms with E-state index in [1.54, 1.807) is 24.3 Å². The number of carbonyl (C=O) groups excluding carboxylic acids is 2. The molecule has 2 saturated carbocycles. The van der Waals surface area contributed by atoms with E-state index in [1.807, 2.05) is 0 Å². The van der Waals surface area contributed by atoms with Gasteiger partial charge in [-0.3, -0.25) is 9.59 Å². The Balaban J connectivity index is 1.55. The van der Waals surface area contributed by atoms with Gasteiger partial charge in [0, 0.05) is 17.7 Å². The monoisotopic (exact) mass is 272 g/mol.